The number of halogens is 4. The summed E-state index contributed by atoms with van der Waals surface area (Å²) in [7, 11) is 0. The lowest BCUT2D eigenvalue weighted by Gasteiger charge is -2.10. The minimum atomic E-state index is -4.29. The lowest BCUT2D eigenvalue weighted by molar-refractivity contribution is -0.173. The van der Waals surface area contributed by atoms with E-state index in [9.17, 15) is 13.2 Å². The largest absolute Gasteiger partial charge is 0.411 e. The molecule has 0 bridgehead atoms. The van der Waals surface area contributed by atoms with Gasteiger partial charge >= 0.3 is 6.18 Å². The van der Waals surface area contributed by atoms with Crippen molar-refractivity contribution in [3.05, 3.63) is 28.8 Å². The molecule has 0 fully saturated rings. The zero-order valence-electron chi connectivity index (χ0n) is 9.93. The van der Waals surface area contributed by atoms with Gasteiger partial charge < -0.3 is 10.1 Å². The molecule has 0 saturated carbocycles. The van der Waals surface area contributed by atoms with Gasteiger partial charge in [0.1, 0.15) is 6.61 Å². The molecule has 0 heterocycles. The number of nitrogens with one attached hydrogen (secondary N) is 1. The van der Waals surface area contributed by atoms with Crippen molar-refractivity contribution in [1.82, 2.24) is 0 Å². The van der Waals surface area contributed by atoms with E-state index < -0.39 is 12.8 Å². The van der Waals surface area contributed by atoms with Crippen LogP contribution < -0.4 is 5.32 Å². The van der Waals surface area contributed by atoms with Gasteiger partial charge in [0.25, 0.3) is 0 Å². The summed E-state index contributed by atoms with van der Waals surface area (Å²) >= 11 is 5.91. The van der Waals surface area contributed by atoms with Crippen LogP contribution in [0.25, 0.3) is 0 Å². The van der Waals surface area contributed by atoms with Crippen molar-refractivity contribution in [2.24, 2.45) is 0 Å². The quantitative estimate of drug-likeness (QED) is 0.815. The van der Waals surface area contributed by atoms with Gasteiger partial charge in [0.05, 0.1) is 22.3 Å². The molecule has 0 aromatic heterocycles. The average Bonchev–Trinajstić information content (AvgIpc) is 2.33. The third kappa shape index (κ3) is 6.32. The molecular weight excluding hydrogens is 281 g/mol. The number of anilines is 1. The van der Waals surface area contributed by atoms with Gasteiger partial charge in [0.2, 0.25) is 0 Å². The van der Waals surface area contributed by atoms with E-state index >= 15 is 0 Å². The number of hydrogen-bond acceptors (Lipinski definition) is 3. The summed E-state index contributed by atoms with van der Waals surface area (Å²) in [5.74, 6) is 0. The van der Waals surface area contributed by atoms with Crippen LogP contribution in [0.4, 0.5) is 18.9 Å². The minimum Gasteiger partial charge on any atom is -0.384 e. The number of alkyl halides is 3. The van der Waals surface area contributed by atoms with Crippen molar-refractivity contribution in [2.75, 3.05) is 25.1 Å². The molecular formula is C12H12ClF3N2O. The van der Waals surface area contributed by atoms with Gasteiger partial charge in [-0.1, -0.05) is 11.6 Å². The lowest BCUT2D eigenvalue weighted by atomic mass is 10.2. The first-order valence-electron chi connectivity index (χ1n) is 5.50. The molecule has 19 heavy (non-hydrogen) atoms. The van der Waals surface area contributed by atoms with Gasteiger partial charge in [-0.25, -0.2) is 0 Å². The van der Waals surface area contributed by atoms with Crippen LogP contribution in [0.5, 0.6) is 0 Å². The highest BCUT2D eigenvalue weighted by atomic mass is 35.5. The second kappa shape index (κ2) is 7.22. The molecule has 3 nitrogen and oxygen atoms in total. The molecule has 0 aliphatic heterocycles. The predicted octanol–water partition coefficient (Wildman–Crippen LogP) is 3.59. The van der Waals surface area contributed by atoms with E-state index in [4.69, 9.17) is 16.9 Å². The van der Waals surface area contributed by atoms with Crippen LogP contribution in [0.1, 0.15) is 12.0 Å². The van der Waals surface area contributed by atoms with E-state index in [0.717, 1.165) is 0 Å². The molecule has 0 atom stereocenters. The summed E-state index contributed by atoms with van der Waals surface area (Å²) in [6.45, 7) is -0.783. The highest BCUT2D eigenvalue weighted by Crippen LogP contribution is 2.22. The SMILES string of the molecule is N#Cc1ccc(NCCCOCC(F)(F)F)c(Cl)c1. The third-order valence-corrected chi connectivity index (χ3v) is 2.46. The molecule has 1 N–H and O–H groups in total. The van der Waals surface area contributed by atoms with E-state index in [1.807, 2.05) is 6.07 Å². The molecule has 0 unspecified atom stereocenters. The first-order chi connectivity index (χ1) is 8.92. The summed E-state index contributed by atoms with van der Waals surface area (Å²) in [6.07, 6.45) is -3.86. The van der Waals surface area contributed by atoms with Crippen LogP contribution in [0, 0.1) is 11.3 Å². The Kier molecular flexibility index (Phi) is 5.93. The maximum atomic E-state index is 11.8. The van der Waals surface area contributed by atoms with E-state index in [1.165, 1.54) is 6.07 Å². The van der Waals surface area contributed by atoms with E-state index in [-0.39, 0.29) is 6.61 Å². The standard InChI is InChI=1S/C12H12ClF3N2O/c13-10-6-9(7-17)2-3-11(10)18-4-1-5-19-8-12(14,15)16/h2-3,6,18H,1,4-5,8H2. The normalized spacial score (nSPS) is 11.1. The first-order valence-corrected chi connectivity index (χ1v) is 5.88. The van der Waals surface area contributed by atoms with Gasteiger partial charge in [0, 0.05) is 13.2 Å². The minimum absolute atomic E-state index is 0.0143. The number of rotatable bonds is 6. The topological polar surface area (TPSA) is 45.0 Å². The second-order valence-electron chi connectivity index (χ2n) is 3.75. The highest BCUT2D eigenvalue weighted by molar-refractivity contribution is 6.33. The Hall–Kier alpha value is -1.45. The van der Waals surface area contributed by atoms with E-state index in [0.29, 0.717) is 29.2 Å². The van der Waals surface area contributed by atoms with E-state index in [1.54, 1.807) is 12.1 Å². The Labute approximate surface area is 113 Å². The van der Waals surface area contributed by atoms with Gasteiger partial charge in [-0.2, -0.15) is 18.4 Å². The van der Waals surface area contributed by atoms with Crippen molar-refractivity contribution in [2.45, 2.75) is 12.6 Å². The Balaban J connectivity index is 2.25. The van der Waals surface area contributed by atoms with Crippen LogP contribution >= 0.6 is 11.6 Å². The number of hydrogen-bond donors (Lipinski definition) is 1. The lowest BCUT2D eigenvalue weighted by Crippen LogP contribution is -2.18. The third-order valence-electron chi connectivity index (χ3n) is 2.14. The molecule has 1 aromatic carbocycles. The summed E-state index contributed by atoms with van der Waals surface area (Å²) in [6, 6.07) is 6.73. The predicted molar refractivity (Wildman–Crippen MR) is 66.1 cm³/mol. The zero-order chi connectivity index (χ0) is 14.3. The molecule has 0 aliphatic carbocycles. The fourth-order valence-corrected chi connectivity index (χ4v) is 1.56. The second-order valence-corrected chi connectivity index (χ2v) is 4.16. The number of nitrogens with zero attached hydrogens (tertiary/aromatic N) is 1. The fraction of sp³-hybridized carbons (Fsp3) is 0.417. The molecule has 0 spiro atoms. The van der Waals surface area contributed by atoms with Crippen LogP contribution in [0.2, 0.25) is 5.02 Å². The Morgan fingerprint density at radius 1 is 1.37 bits per heavy atom. The molecule has 0 amide bonds. The van der Waals surface area contributed by atoms with Gasteiger partial charge in [-0.05, 0) is 24.6 Å². The molecule has 104 valence electrons. The first kappa shape index (κ1) is 15.6. The van der Waals surface area contributed by atoms with Crippen molar-refractivity contribution < 1.29 is 17.9 Å². The van der Waals surface area contributed by atoms with Crippen LogP contribution in [0.3, 0.4) is 0 Å². The maximum Gasteiger partial charge on any atom is 0.411 e. The Bertz CT molecular complexity index is 457. The van der Waals surface area contributed by atoms with Crippen LogP contribution in [-0.4, -0.2) is 25.9 Å². The number of nitriles is 1. The molecule has 0 aliphatic rings. The Morgan fingerprint density at radius 3 is 2.68 bits per heavy atom. The van der Waals surface area contributed by atoms with Gasteiger partial charge in [-0.15, -0.1) is 0 Å². The van der Waals surface area contributed by atoms with Crippen molar-refractivity contribution in [1.29, 1.82) is 5.26 Å². The number of ether oxygens (including phenoxy) is 1. The smallest absolute Gasteiger partial charge is 0.384 e. The highest BCUT2D eigenvalue weighted by Gasteiger charge is 2.27. The van der Waals surface area contributed by atoms with Crippen molar-refractivity contribution >= 4 is 17.3 Å². The van der Waals surface area contributed by atoms with Crippen LogP contribution in [0.15, 0.2) is 18.2 Å². The maximum absolute atomic E-state index is 11.8. The summed E-state index contributed by atoms with van der Waals surface area (Å²) in [4.78, 5) is 0. The molecule has 7 heteroatoms. The summed E-state index contributed by atoms with van der Waals surface area (Å²) < 4.78 is 39.8. The van der Waals surface area contributed by atoms with Gasteiger partial charge in [0.15, 0.2) is 0 Å². The van der Waals surface area contributed by atoms with Gasteiger partial charge in [-0.3, -0.25) is 0 Å². The average molecular weight is 293 g/mol. The fourth-order valence-electron chi connectivity index (χ4n) is 1.31. The van der Waals surface area contributed by atoms with Crippen LogP contribution in [-0.2, 0) is 4.74 Å². The molecule has 0 radical (unpaired) electrons. The molecule has 0 saturated heterocycles. The van der Waals surface area contributed by atoms with E-state index in [2.05, 4.69) is 10.1 Å². The monoisotopic (exact) mass is 292 g/mol. The number of benzene rings is 1. The zero-order valence-corrected chi connectivity index (χ0v) is 10.7. The van der Waals surface area contributed by atoms with Crippen molar-refractivity contribution in [3.63, 3.8) is 0 Å². The molecule has 1 rings (SSSR count). The molecule has 1 aromatic rings. The summed E-state index contributed by atoms with van der Waals surface area (Å²) in [5.41, 5.74) is 1.08. The summed E-state index contributed by atoms with van der Waals surface area (Å²) in [5, 5.41) is 12.0. The van der Waals surface area contributed by atoms with Crippen molar-refractivity contribution in [3.8, 4) is 6.07 Å². The Morgan fingerprint density at radius 2 is 2.11 bits per heavy atom.